The van der Waals surface area contributed by atoms with Crippen molar-refractivity contribution in [2.24, 2.45) is 23.5 Å². The fourth-order valence-electron chi connectivity index (χ4n) is 1.94. The van der Waals surface area contributed by atoms with Crippen molar-refractivity contribution in [1.29, 1.82) is 0 Å². The molecule has 0 unspecified atom stereocenters. The summed E-state index contributed by atoms with van der Waals surface area (Å²) in [6.45, 7) is 0.308. The Bertz CT molecular complexity index is 140. The Balaban J connectivity index is 1.86. The van der Waals surface area contributed by atoms with E-state index in [0.717, 1.165) is 11.8 Å². The van der Waals surface area contributed by atoms with Crippen LogP contribution >= 0.6 is 0 Å². The van der Waals surface area contributed by atoms with Gasteiger partial charge in [0.2, 0.25) is 0 Å². The molecule has 0 aromatic heterocycles. The first-order valence-corrected chi connectivity index (χ1v) is 4.69. The Morgan fingerprint density at radius 1 is 1.18 bits per heavy atom. The number of nitrogens with two attached hydrogens (primary N) is 1. The van der Waals surface area contributed by atoms with Gasteiger partial charge in [0.1, 0.15) is 0 Å². The number of rotatable bonds is 4. The van der Waals surface area contributed by atoms with E-state index in [2.05, 4.69) is 0 Å². The zero-order chi connectivity index (χ0) is 7.84. The molecule has 2 heteroatoms. The van der Waals surface area contributed by atoms with Crippen LogP contribution in [0.2, 0.25) is 0 Å². The molecule has 0 aliphatic heterocycles. The second-order valence-electron chi connectivity index (χ2n) is 4.10. The maximum atomic E-state index is 9.10. The number of aliphatic hydroxyl groups excluding tert-OH is 1. The fraction of sp³-hybridized carbons (Fsp3) is 1.00. The summed E-state index contributed by atoms with van der Waals surface area (Å²) in [5, 5.41) is 9.10. The Morgan fingerprint density at radius 3 is 2.09 bits per heavy atom. The van der Waals surface area contributed by atoms with Crippen molar-refractivity contribution in [1.82, 2.24) is 0 Å². The van der Waals surface area contributed by atoms with Crippen LogP contribution in [-0.2, 0) is 0 Å². The van der Waals surface area contributed by atoms with Crippen LogP contribution in [0.3, 0.4) is 0 Å². The summed E-state index contributed by atoms with van der Waals surface area (Å²) >= 11 is 0. The molecule has 0 amide bonds. The summed E-state index contributed by atoms with van der Waals surface area (Å²) in [5.41, 5.74) is 6.01. The van der Waals surface area contributed by atoms with Crippen LogP contribution in [0.4, 0.5) is 0 Å². The summed E-state index contributed by atoms with van der Waals surface area (Å²) in [5.74, 6) is 1.92. The van der Waals surface area contributed by atoms with Crippen LogP contribution in [0.15, 0.2) is 0 Å². The van der Waals surface area contributed by atoms with Gasteiger partial charge >= 0.3 is 0 Å². The molecule has 0 radical (unpaired) electrons. The van der Waals surface area contributed by atoms with Gasteiger partial charge < -0.3 is 10.8 Å². The van der Waals surface area contributed by atoms with Crippen LogP contribution in [0, 0.1) is 17.8 Å². The van der Waals surface area contributed by atoms with Gasteiger partial charge in [-0.1, -0.05) is 0 Å². The predicted octanol–water partition coefficient (Wildman–Crippen LogP) is 0.742. The average molecular weight is 155 g/mol. The molecule has 2 atom stereocenters. The molecule has 2 saturated carbocycles. The summed E-state index contributed by atoms with van der Waals surface area (Å²) in [4.78, 5) is 0. The molecule has 2 rings (SSSR count). The topological polar surface area (TPSA) is 46.2 Å². The molecule has 3 N–H and O–H groups in total. The van der Waals surface area contributed by atoms with Gasteiger partial charge in [0, 0.05) is 18.6 Å². The van der Waals surface area contributed by atoms with Crippen molar-refractivity contribution in [2.45, 2.75) is 31.7 Å². The predicted molar refractivity (Wildman–Crippen MR) is 44.0 cm³/mol. The third-order valence-electron chi connectivity index (χ3n) is 3.10. The van der Waals surface area contributed by atoms with E-state index in [1.54, 1.807) is 0 Å². The minimum absolute atomic E-state index is 0.299. The molecular formula is C9H17NO. The van der Waals surface area contributed by atoms with E-state index in [0.29, 0.717) is 18.6 Å². The summed E-state index contributed by atoms with van der Waals surface area (Å²) < 4.78 is 0. The molecule has 0 saturated heterocycles. The van der Waals surface area contributed by atoms with Crippen LogP contribution in [0.1, 0.15) is 25.7 Å². The van der Waals surface area contributed by atoms with Crippen molar-refractivity contribution in [2.75, 3.05) is 6.61 Å². The standard InChI is InChI=1S/C9H17NO/c10-9(7-3-4-7)8(5-11)6-1-2-6/h6-9,11H,1-5,10H2/t8-,9+/m0/s1. The van der Waals surface area contributed by atoms with E-state index >= 15 is 0 Å². The molecular weight excluding hydrogens is 138 g/mol. The highest BCUT2D eigenvalue weighted by Crippen LogP contribution is 2.43. The van der Waals surface area contributed by atoms with Gasteiger partial charge in [0.05, 0.1) is 0 Å². The summed E-state index contributed by atoms with van der Waals surface area (Å²) in [6.07, 6.45) is 5.19. The first-order chi connectivity index (χ1) is 5.33. The van der Waals surface area contributed by atoms with Crippen molar-refractivity contribution in [3.05, 3.63) is 0 Å². The Kier molecular flexibility index (Phi) is 1.90. The molecule has 2 aliphatic rings. The highest BCUT2D eigenvalue weighted by molar-refractivity contribution is 4.94. The second-order valence-corrected chi connectivity index (χ2v) is 4.10. The highest BCUT2D eigenvalue weighted by atomic mass is 16.3. The molecule has 0 bridgehead atoms. The summed E-state index contributed by atoms with van der Waals surface area (Å²) in [6, 6.07) is 0.299. The smallest absolute Gasteiger partial charge is 0.0476 e. The maximum Gasteiger partial charge on any atom is 0.0476 e. The molecule has 0 spiro atoms. The van der Waals surface area contributed by atoms with Crippen molar-refractivity contribution in [3.63, 3.8) is 0 Å². The van der Waals surface area contributed by atoms with E-state index in [1.165, 1.54) is 25.7 Å². The van der Waals surface area contributed by atoms with E-state index in [4.69, 9.17) is 10.8 Å². The van der Waals surface area contributed by atoms with Crippen molar-refractivity contribution >= 4 is 0 Å². The van der Waals surface area contributed by atoms with Crippen LogP contribution in [0.5, 0.6) is 0 Å². The molecule has 0 aromatic carbocycles. The molecule has 0 heterocycles. The van der Waals surface area contributed by atoms with Gasteiger partial charge in [-0.15, -0.1) is 0 Å². The Hall–Kier alpha value is -0.0800. The highest BCUT2D eigenvalue weighted by Gasteiger charge is 2.40. The van der Waals surface area contributed by atoms with Crippen LogP contribution in [-0.4, -0.2) is 17.8 Å². The normalized spacial score (nSPS) is 30.0. The third kappa shape index (κ3) is 1.57. The molecule has 2 nitrogen and oxygen atoms in total. The van der Waals surface area contributed by atoms with E-state index in [9.17, 15) is 0 Å². The number of hydrogen-bond donors (Lipinski definition) is 2. The average Bonchev–Trinajstić information content (AvgIpc) is 2.86. The van der Waals surface area contributed by atoms with Crippen LogP contribution < -0.4 is 5.73 Å². The van der Waals surface area contributed by atoms with E-state index < -0.39 is 0 Å². The van der Waals surface area contributed by atoms with Gasteiger partial charge in [-0.05, 0) is 37.5 Å². The Labute approximate surface area is 67.8 Å². The molecule has 64 valence electrons. The first-order valence-electron chi connectivity index (χ1n) is 4.69. The van der Waals surface area contributed by atoms with Gasteiger partial charge in [-0.3, -0.25) is 0 Å². The fourth-order valence-corrected chi connectivity index (χ4v) is 1.94. The van der Waals surface area contributed by atoms with Crippen LogP contribution in [0.25, 0.3) is 0 Å². The zero-order valence-electron chi connectivity index (χ0n) is 6.87. The van der Waals surface area contributed by atoms with E-state index in [-0.39, 0.29) is 0 Å². The number of aliphatic hydroxyl groups is 1. The molecule has 0 aromatic rings. The first kappa shape index (κ1) is 7.56. The second kappa shape index (κ2) is 2.76. The van der Waals surface area contributed by atoms with Crippen molar-refractivity contribution in [3.8, 4) is 0 Å². The third-order valence-corrected chi connectivity index (χ3v) is 3.10. The monoisotopic (exact) mass is 155 g/mol. The maximum absolute atomic E-state index is 9.10. The quantitative estimate of drug-likeness (QED) is 0.629. The van der Waals surface area contributed by atoms with Gasteiger partial charge in [0.25, 0.3) is 0 Å². The van der Waals surface area contributed by atoms with Crippen molar-refractivity contribution < 1.29 is 5.11 Å². The lowest BCUT2D eigenvalue weighted by Gasteiger charge is -2.20. The van der Waals surface area contributed by atoms with E-state index in [1.807, 2.05) is 0 Å². The molecule has 2 fully saturated rings. The minimum Gasteiger partial charge on any atom is -0.396 e. The molecule has 2 aliphatic carbocycles. The number of hydrogen-bond acceptors (Lipinski definition) is 2. The summed E-state index contributed by atoms with van der Waals surface area (Å²) in [7, 11) is 0. The van der Waals surface area contributed by atoms with Gasteiger partial charge in [-0.25, -0.2) is 0 Å². The minimum atomic E-state index is 0.299. The lowest BCUT2D eigenvalue weighted by Crippen LogP contribution is -2.35. The SMILES string of the molecule is N[C@H](C1CC1)[C@@H](CO)C1CC1. The Morgan fingerprint density at radius 2 is 1.73 bits per heavy atom. The molecule has 11 heavy (non-hydrogen) atoms. The zero-order valence-corrected chi connectivity index (χ0v) is 6.87. The lowest BCUT2D eigenvalue weighted by atomic mass is 9.93. The largest absolute Gasteiger partial charge is 0.396 e. The lowest BCUT2D eigenvalue weighted by molar-refractivity contribution is 0.178. The van der Waals surface area contributed by atoms with Gasteiger partial charge in [-0.2, -0.15) is 0 Å². The van der Waals surface area contributed by atoms with Gasteiger partial charge in [0.15, 0.2) is 0 Å².